The van der Waals surface area contributed by atoms with Crippen LogP contribution in [0.15, 0.2) is 6.07 Å². The van der Waals surface area contributed by atoms with Gasteiger partial charge in [-0.3, -0.25) is 0 Å². The van der Waals surface area contributed by atoms with E-state index in [4.69, 9.17) is 26.8 Å². The molecule has 2 rings (SSSR count). The van der Waals surface area contributed by atoms with Crippen molar-refractivity contribution in [1.82, 2.24) is 0 Å². The van der Waals surface area contributed by atoms with Crippen molar-refractivity contribution in [2.24, 2.45) is 5.73 Å². The third-order valence-corrected chi connectivity index (χ3v) is 3.64. The average molecular weight is 258 g/mol. The van der Waals surface area contributed by atoms with Crippen LogP contribution in [0.3, 0.4) is 0 Å². The number of ether oxygens (including phenoxy) is 2. The van der Waals surface area contributed by atoms with Crippen LogP contribution in [0, 0.1) is 0 Å². The number of nitrogens with two attached hydrogens (primary N) is 1. The third kappa shape index (κ3) is 1.81. The summed E-state index contributed by atoms with van der Waals surface area (Å²) < 4.78 is 10.2. The third-order valence-electron chi connectivity index (χ3n) is 3.34. The quantitative estimate of drug-likeness (QED) is 0.873. The number of methoxy groups -OCH3 is 2. The number of rotatable bonds is 3. The Bertz CT molecular complexity index is 444. The van der Waals surface area contributed by atoms with Crippen LogP contribution in [-0.2, 0) is 5.54 Å². The summed E-state index contributed by atoms with van der Waals surface area (Å²) >= 11 is 6.16. The van der Waals surface area contributed by atoms with E-state index < -0.39 is 5.54 Å². The van der Waals surface area contributed by atoms with E-state index in [0.29, 0.717) is 16.3 Å². The Labute approximate surface area is 105 Å². The van der Waals surface area contributed by atoms with Gasteiger partial charge in [0.15, 0.2) is 11.5 Å². The Kier molecular flexibility index (Phi) is 3.10. The molecule has 1 aromatic carbocycles. The zero-order chi connectivity index (χ0) is 12.6. The minimum Gasteiger partial charge on any atom is -0.504 e. The van der Waals surface area contributed by atoms with Gasteiger partial charge in [-0.05, 0) is 19.3 Å². The maximum Gasteiger partial charge on any atom is 0.203 e. The molecule has 0 aliphatic heterocycles. The van der Waals surface area contributed by atoms with Crippen molar-refractivity contribution in [2.45, 2.75) is 24.8 Å². The molecule has 0 bridgehead atoms. The maximum absolute atomic E-state index is 10.2. The van der Waals surface area contributed by atoms with E-state index in [1.807, 2.05) is 0 Å². The number of aromatic hydroxyl groups is 1. The van der Waals surface area contributed by atoms with Gasteiger partial charge in [0.05, 0.1) is 19.2 Å². The SMILES string of the molecule is COc1cc(Cl)c(C2(N)CCC2)c(O)c1OC. The van der Waals surface area contributed by atoms with Crippen LogP contribution in [0.5, 0.6) is 17.2 Å². The second-order valence-corrected chi connectivity index (χ2v) is 4.73. The number of phenols is 1. The first-order valence-electron chi connectivity index (χ1n) is 5.46. The van der Waals surface area contributed by atoms with Crippen LogP contribution in [0.25, 0.3) is 0 Å². The van der Waals surface area contributed by atoms with Crippen LogP contribution in [0.2, 0.25) is 5.02 Å². The van der Waals surface area contributed by atoms with Gasteiger partial charge in [0.2, 0.25) is 5.75 Å². The van der Waals surface area contributed by atoms with Crippen molar-refractivity contribution in [2.75, 3.05) is 14.2 Å². The molecule has 3 N–H and O–H groups in total. The number of phenolic OH excluding ortho intramolecular Hbond substituents is 1. The van der Waals surface area contributed by atoms with E-state index in [-0.39, 0.29) is 11.5 Å². The van der Waals surface area contributed by atoms with Gasteiger partial charge in [-0.1, -0.05) is 11.6 Å². The predicted molar refractivity (Wildman–Crippen MR) is 65.9 cm³/mol. The van der Waals surface area contributed by atoms with Gasteiger partial charge in [-0.15, -0.1) is 0 Å². The molecule has 1 fully saturated rings. The van der Waals surface area contributed by atoms with Gasteiger partial charge in [-0.2, -0.15) is 0 Å². The molecule has 0 heterocycles. The molecule has 17 heavy (non-hydrogen) atoms. The van der Waals surface area contributed by atoms with Gasteiger partial charge in [0.25, 0.3) is 0 Å². The molecule has 0 spiro atoms. The number of hydrogen-bond donors (Lipinski definition) is 2. The second-order valence-electron chi connectivity index (χ2n) is 4.33. The minimum absolute atomic E-state index is 0.0148. The van der Waals surface area contributed by atoms with Crippen molar-refractivity contribution in [3.63, 3.8) is 0 Å². The molecule has 1 saturated carbocycles. The molecule has 0 atom stereocenters. The largest absolute Gasteiger partial charge is 0.504 e. The van der Waals surface area contributed by atoms with E-state index in [1.165, 1.54) is 14.2 Å². The van der Waals surface area contributed by atoms with E-state index in [9.17, 15) is 5.11 Å². The molecule has 0 aromatic heterocycles. The van der Waals surface area contributed by atoms with Crippen molar-refractivity contribution in [3.8, 4) is 17.2 Å². The normalized spacial score (nSPS) is 17.4. The highest BCUT2D eigenvalue weighted by molar-refractivity contribution is 6.32. The maximum atomic E-state index is 10.2. The molecule has 0 radical (unpaired) electrons. The fraction of sp³-hybridized carbons (Fsp3) is 0.500. The van der Waals surface area contributed by atoms with Crippen LogP contribution in [0.4, 0.5) is 0 Å². The van der Waals surface area contributed by atoms with Crippen molar-refractivity contribution in [1.29, 1.82) is 0 Å². The monoisotopic (exact) mass is 257 g/mol. The van der Waals surface area contributed by atoms with Crippen molar-refractivity contribution >= 4 is 11.6 Å². The van der Waals surface area contributed by atoms with Gasteiger partial charge in [0, 0.05) is 17.2 Å². The molecule has 1 aromatic rings. The first-order chi connectivity index (χ1) is 8.03. The zero-order valence-corrected chi connectivity index (χ0v) is 10.7. The average Bonchev–Trinajstić information content (AvgIpc) is 2.25. The summed E-state index contributed by atoms with van der Waals surface area (Å²) in [6, 6.07) is 1.63. The molecule has 94 valence electrons. The van der Waals surface area contributed by atoms with Crippen LogP contribution >= 0.6 is 11.6 Å². The molecular weight excluding hydrogens is 242 g/mol. The zero-order valence-electron chi connectivity index (χ0n) is 9.92. The summed E-state index contributed by atoms with van der Waals surface area (Å²) in [5.41, 5.74) is 6.22. The van der Waals surface area contributed by atoms with E-state index >= 15 is 0 Å². The highest BCUT2D eigenvalue weighted by Crippen LogP contribution is 2.51. The summed E-state index contributed by atoms with van der Waals surface area (Å²) in [4.78, 5) is 0. The van der Waals surface area contributed by atoms with Crippen LogP contribution < -0.4 is 15.2 Å². The van der Waals surface area contributed by atoms with Gasteiger partial charge in [-0.25, -0.2) is 0 Å². The Morgan fingerprint density at radius 3 is 2.41 bits per heavy atom. The van der Waals surface area contributed by atoms with E-state index in [0.717, 1.165) is 19.3 Å². The molecule has 0 saturated heterocycles. The summed E-state index contributed by atoms with van der Waals surface area (Å²) in [7, 11) is 2.97. The van der Waals surface area contributed by atoms with Crippen molar-refractivity contribution in [3.05, 3.63) is 16.7 Å². The first kappa shape index (κ1) is 12.3. The fourth-order valence-electron chi connectivity index (χ4n) is 2.23. The van der Waals surface area contributed by atoms with Crippen LogP contribution in [-0.4, -0.2) is 19.3 Å². The highest BCUT2D eigenvalue weighted by atomic mass is 35.5. The number of hydrogen-bond acceptors (Lipinski definition) is 4. The Hall–Kier alpha value is -1.13. The molecule has 5 heteroatoms. The Morgan fingerprint density at radius 1 is 1.35 bits per heavy atom. The predicted octanol–water partition coefficient (Wildman–Crippen LogP) is 2.40. The summed E-state index contributed by atoms with van der Waals surface area (Å²) in [6.07, 6.45) is 2.67. The molecule has 1 aliphatic carbocycles. The number of benzene rings is 1. The lowest BCUT2D eigenvalue weighted by molar-refractivity contribution is 0.241. The molecule has 4 nitrogen and oxygen atoms in total. The highest BCUT2D eigenvalue weighted by Gasteiger charge is 2.40. The Balaban J connectivity index is 2.60. The molecule has 0 amide bonds. The summed E-state index contributed by atoms with van der Waals surface area (Å²) in [5.74, 6) is 0.671. The fourth-order valence-corrected chi connectivity index (χ4v) is 2.60. The lowest BCUT2D eigenvalue weighted by Crippen LogP contribution is -2.43. The Morgan fingerprint density at radius 2 is 2.00 bits per heavy atom. The smallest absolute Gasteiger partial charge is 0.203 e. The lowest BCUT2D eigenvalue weighted by Gasteiger charge is -2.39. The van der Waals surface area contributed by atoms with Crippen LogP contribution in [0.1, 0.15) is 24.8 Å². The molecular formula is C12H16ClNO3. The number of halogens is 1. The summed E-state index contributed by atoms with van der Waals surface area (Å²) in [5, 5.41) is 10.6. The summed E-state index contributed by atoms with van der Waals surface area (Å²) in [6.45, 7) is 0. The standard InChI is InChI=1S/C12H16ClNO3/c1-16-8-6-7(13)9(10(15)11(8)17-2)12(14)4-3-5-12/h6,15H,3-5,14H2,1-2H3. The van der Waals surface area contributed by atoms with Crippen molar-refractivity contribution < 1.29 is 14.6 Å². The van der Waals surface area contributed by atoms with E-state index in [2.05, 4.69) is 0 Å². The van der Waals surface area contributed by atoms with Gasteiger partial charge < -0.3 is 20.3 Å². The molecule has 0 unspecified atom stereocenters. The first-order valence-corrected chi connectivity index (χ1v) is 5.84. The lowest BCUT2D eigenvalue weighted by atomic mass is 9.72. The topological polar surface area (TPSA) is 64.7 Å². The van der Waals surface area contributed by atoms with Gasteiger partial charge >= 0.3 is 0 Å². The second kappa shape index (κ2) is 4.27. The van der Waals surface area contributed by atoms with E-state index in [1.54, 1.807) is 6.07 Å². The van der Waals surface area contributed by atoms with Gasteiger partial charge in [0.1, 0.15) is 0 Å². The minimum atomic E-state index is -0.541. The molecule has 1 aliphatic rings.